The molecule has 1 fully saturated rings. The minimum absolute atomic E-state index is 0.0403. The molecule has 10 nitrogen and oxygen atoms in total. The number of nitrogens with zero attached hydrogens (tertiary/aromatic N) is 5. The quantitative estimate of drug-likeness (QED) is 0.479. The van der Waals surface area contributed by atoms with Crippen LogP contribution in [0.25, 0.3) is 0 Å². The largest absolute Gasteiger partial charge is 0.326 e. The average Bonchev–Trinajstić information content (AvgIpc) is 3.39. The van der Waals surface area contributed by atoms with Crippen LogP contribution in [0.1, 0.15) is 12.0 Å². The first-order valence-corrected chi connectivity index (χ1v) is 9.37. The van der Waals surface area contributed by atoms with Crippen LogP contribution < -0.4 is 10.2 Å². The molecule has 1 saturated heterocycles. The molecular formula is C20H17FN6O4. The van der Waals surface area contributed by atoms with E-state index in [0.29, 0.717) is 12.2 Å². The van der Waals surface area contributed by atoms with Gasteiger partial charge in [-0.1, -0.05) is 12.1 Å². The normalized spacial score (nSPS) is 15.8. The van der Waals surface area contributed by atoms with Gasteiger partial charge in [0.2, 0.25) is 17.6 Å². The Balaban J connectivity index is 1.40. The lowest BCUT2D eigenvalue weighted by Gasteiger charge is -2.16. The van der Waals surface area contributed by atoms with Crippen LogP contribution in [0.15, 0.2) is 55.1 Å². The smallest absolute Gasteiger partial charge is 0.306 e. The molecule has 0 bridgehead atoms. The zero-order valence-corrected chi connectivity index (χ0v) is 16.1. The van der Waals surface area contributed by atoms with Gasteiger partial charge in [0, 0.05) is 24.7 Å². The van der Waals surface area contributed by atoms with E-state index in [1.54, 1.807) is 23.1 Å². The van der Waals surface area contributed by atoms with Gasteiger partial charge < -0.3 is 10.2 Å². The van der Waals surface area contributed by atoms with E-state index >= 15 is 0 Å². The van der Waals surface area contributed by atoms with Crippen LogP contribution in [0.4, 0.5) is 21.5 Å². The number of nitro groups is 1. The van der Waals surface area contributed by atoms with E-state index in [1.165, 1.54) is 17.3 Å². The van der Waals surface area contributed by atoms with E-state index in [4.69, 9.17) is 0 Å². The van der Waals surface area contributed by atoms with Gasteiger partial charge in [-0.3, -0.25) is 19.7 Å². The molecule has 2 aromatic carbocycles. The van der Waals surface area contributed by atoms with Crippen LogP contribution in [-0.4, -0.2) is 38.0 Å². The molecule has 1 aromatic heterocycles. The van der Waals surface area contributed by atoms with Gasteiger partial charge in [0.05, 0.1) is 23.1 Å². The Labute approximate surface area is 175 Å². The van der Waals surface area contributed by atoms with Crippen molar-refractivity contribution in [3.63, 3.8) is 0 Å². The second-order valence-corrected chi connectivity index (χ2v) is 7.08. The van der Waals surface area contributed by atoms with Gasteiger partial charge in [0.25, 0.3) is 0 Å². The molecule has 158 valence electrons. The lowest BCUT2D eigenvalue weighted by atomic mass is 10.1. The number of rotatable bonds is 6. The number of aromatic nitrogens is 3. The number of benzene rings is 2. The first kappa shape index (κ1) is 20.1. The minimum Gasteiger partial charge on any atom is -0.326 e. The highest BCUT2D eigenvalue weighted by atomic mass is 19.1. The summed E-state index contributed by atoms with van der Waals surface area (Å²) in [6.45, 7) is 0.599. The van der Waals surface area contributed by atoms with Gasteiger partial charge >= 0.3 is 5.69 Å². The lowest BCUT2D eigenvalue weighted by Crippen LogP contribution is -2.28. The summed E-state index contributed by atoms with van der Waals surface area (Å²) >= 11 is 0. The molecule has 4 rings (SSSR count). The molecule has 0 aliphatic carbocycles. The first-order chi connectivity index (χ1) is 14.9. The molecule has 11 heteroatoms. The summed E-state index contributed by atoms with van der Waals surface area (Å²) in [5.74, 6) is -2.31. The molecule has 1 aliphatic heterocycles. The van der Waals surface area contributed by atoms with Crippen LogP contribution in [-0.2, 0) is 16.1 Å². The van der Waals surface area contributed by atoms with Gasteiger partial charge in [-0.15, -0.1) is 0 Å². The summed E-state index contributed by atoms with van der Waals surface area (Å²) < 4.78 is 15.2. The standard InChI is InChI=1S/C20H17FN6O4/c21-17-6-5-16(8-18(17)27(30)31)26-10-14(7-19(26)28)20(29)24-15-3-1-13(2-4-15)9-25-12-22-11-23-25/h1-6,8,11-12,14H,7,9-10H2,(H,24,29). The number of carbonyl (C=O) groups is 2. The van der Waals surface area contributed by atoms with Gasteiger partial charge in [-0.25, -0.2) is 9.67 Å². The molecule has 1 unspecified atom stereocenters. The van der Waals surface area contributed by atoms with Crippen molar-refractivity contribution in [2.75, 3.05) is 16.8 Å². The van der Waals surface area contributed by atoms with Crippen LogP contribution >= 0.6 is 0 Å². The maximum Gasteiger partial charge on any atom is 0.306 e. The molecule has 2 heterocycles. The predicted molar refractivity (Wildman–Crippen MR) is 108 cm³/mol. The third-order valence-electron chi connectivity index (χ3n) is 4.97. The number of halogens is 1. The molecule has 3 aromatic rings. The van der Waals surface area contributed by atoms with E-state index in [0.717, 1.165) is 17.7 Å². The topological polar surface area (TPSA) is 123 Å². The van der Waals surface area contributed by atoms with E-state index in [9.17, 15) is 24.1 Å². The number of nitro benzene ring substituents is 1. The van der Waals surface area contributed by atoms with E-state index in [-0.39, 0.29) is 30.5 Å². The second-order valence-electron chi connectivity index (χ2n) is 7.08. The average molecular weight is 424 g/mol. The zero-order valence-electron chi connectivity index (χ0n) is 16.1. The predicted octanol–water partition coefficient (Wildman–Crippen LogP) is 2.37. The van der Waals surface area contributed by atoms with Gasteiger partial charge in [-0.05, 0) is 29.8 Å². The lowest BCUT2D eigenvalue weighted by molar-refractivity contribution is -0.387. The van der Waals surface area contributed by atoms with Crippen molar-refractivity contribution in [1.29, 1.82) is 0 Å². The van der Waals surface area contributed by atoms with Gasteiger partial charge in [0.1, 0.15) is 12.7 Å². The molecule has 1 atom stereocenters. The summed E-state index contributed by atoms with van der Waals surface area (Å²) in [4.78, 5) is 40.2. The summed E-state index contributed by atoms with van der Waals surface area (Å²) in [5, 5.41) is 17.8. The van der Waals surface area contributed by atoms with Crippen molar-refractivity contribution in [1.82, 2.24) is 14.8 Å². The summed E-state index contributed by atoms with van der Waals surface area (Å²) in [5.41, 5.74) is 1.02. The summed E-state index contributed by atoms with van der Waals surface area (Å²) in [7, 11) is 0. The molecular weight excluding hydrogens is 407 g/mol. The highest BCUT2D eigenvalue weighted by molar-refractivity contribution is 6.03. The van der Waals surface area contributed by atoms with Crippen molar-refractivity contribution in [2.45, 2.75) is 13.0 Å². The van der Waals surface area contributed by atoms with Crippen molar-refractivity contribution < 1.29 is 18.9 Å². The summed E-state index contributed by atoms with van der Waals surface area (Å²) in [6, 6.07) is 10.4. The number of amides is 2. The Hall–Kier alpha value is -4.15. The van der Waals surface area contributed by atoms with Crippen molar-refractivity contribution >= 4 is 28.9 Å². The maximum absolute atomic E-state index is 13.6. The van der Waals surface area contributed by atoms with Crippen LogP contribution in [0.2, 0.25) is 0 Å². The Bertz CT molecular complexity index is 1130. The monoisotopic (exact) mass is 424 g/mol. The third kappa shape index (κ3) is 4.39. The Morgan fingerprint density at radius 2 is 2.03 bits per heavy atom. The fourth-order valence-corrected chi connectivity index (χ4v) is 3.38. The molecule has 2 amide bonds. The molecule has 0 radical (unpaired) electrons. The maximum atomic E-state index is 13.6. The third-order valence-corrected chi connectivity index (χ3v) is 4.97. The SMILES string of the molecule is O=C(Nc1ccc(Cn2cncn2)cc1)C1CC(=O)N(c2ccc(F)c([N+](=O)[O-])c2)C1. The van der Waals surface area contributed by atoms with Crippen LogP contribution in [0.3, 0.4) is 0 Å². The van der Waals surface area contributed by atoms with Crippen LogP contribution in [0, 0.1) is 21.8 Å². The van der Waals surface area contributed by atoms with Crippen molar-refractivity contribution in [3.8, 4) is 0 Å². The Kier molecular flexibility index (Phi) is 5.39. The van der Waals surface area contributed by atoms with Crippen molar-refractivity contribution in [2.24, 2.45) is 5.92 Å². The zero-order chi connectivity index (χ0) is 22.0. The molecule has 0 spiro atoms. The highest BCUT2D eigenvalue weighted by Crippen LogP contribution is 2.30. The second kappa shape index (κ2) is 8.30. The van der Waals surface area contributed by atoms with E-state index in [2.05, 4.69) is 15.4 Å². The van der Waals surface area contributed by atoms with Gasteiger partial charge in [0.15, 0.2) is 0 Å². The molecule has 1 aliphatic rings. The molecule has 31 heavy (non-hydrogen) atoms. The number of anilines is 2. The molecule has 1 N–H and O–H groups in total. The number of hydrogen-bond donors (Lipinski definition) is 1. The number of carbonyl (C=O) groups excluding carboxylic acids is 2. The minimum atomic E-state index is -0.984. The fourth-order valence-electron chi connectivity index (χ4n) is 3.38. The van der Waals surface area contributed by atoms with E-state index in [1.807, 2.05) is 12.1 Å². The first-order valence-electron chi connectivity index (χ1n) is 9.37. The van der Waals surface area contributed by atoms with Crippen molar-refractivity contribution in [3.05, 3.63) is 76.6 Å². The van der Waals surface area contributed by atoms with E-state index < -0.39 is 22.3 Å². The molecule has 0 saturated carbocycles. The fraction of sp³-hybridized carbons (Fsp3) is 0.200. The number of nitrogens with one attached hydrogen (secondary N) is 1. The Morgan fingerprint density at radius 3 is 2.71 bits per heavy atom. The highest BCUT2D eigenvalue weighted by Gasteiger charge is 2.36. The van der Waals surface area contributed by atoms with Crippen LogP contribution in [0.5, 0.6) is 0 Å². The Morgan fingerprint density at radius 1 is 1.26 bits per heavy atom. The van der Waals surface area contributed by atoms with Gasteiger partial charge in [-0.2, -0.15) is 9.49 Å². The number of hydrogen-bond acceptors (Lipinski definition) is 6. The summed E-state index contributed by atoms with van der Waals surface area (Å²) in [6.07, 6.45) is 3.01.